The lowest BCUT2D eigenvalue weighted by Crippen LogP contribution is -2.12. The summed E-state index contributed by atoms with van der Waals surface area (Å²) in [6.07, 6.45) is 0. The van der Waals surface area contributed by atoms with Crippen LogP contribution in [0.2, 0.25) is 0 Å². The highest BCUT2D eigenvalue weighted by Gasteiger charge is 2.10. The number of hydrogen-bond donors (Lipinski definition) is 2. The zero-order valence-electron chi connectivity index (χ0n) is 10.7. The topological polar surface area (TPSA) is 49.3 Å². The number of anilines is 1. The van der Waals surface area contributed by atoms with Gasteiger partial charge >= 0.3 is 0 Å². The van der Waals surface area contributed by atoms with Gasteiger partial charge in [-0.3, -0.25) is 4.79 Å². The quantitative estimate of drug-likeness (QED) is 0.821. The average Bonchev–Trinajstić information content (AvgIpc) is 2.33. The number of amides is 1. The van der Waals surface area contributed by atoms with E-state index in [4.69, 9.17) is 0 Å². The number of nitrogens with one attached hydrogen (secondary N) is 1. The van der Waals surface area contributed by atoms with Crippen molar-refractivity contribution in [2.24, 2.45) is 0 Å². The monoisotopic (exact) mass is 319 g/mol. The van der Waals surface area contributed by atoms with Crippen LogP contribution in [0, 0.1) is 13.8 Å². The number of rotatable bonds is 2. The van der Waals surface area contributed by atoms with Crippen molar-refractivity contribution in [1.82, 2.24) is 0 Å². The molecular formula is C15H14BrNO2. The fourth-order valence-corrected chi connectivity index (χ4v) is 2.41. The van der Waals surface area contributed by atoms with E-state index < -0.39 is 0 Å². The Balaban J connectivity index is 2.23. The number of carbonyl (C=O) groups is 1. The van der Waals surface area contributed by atoms with Crippen molar-refractivity contribution in [3.8, 4) is 5.75 Å². The summed E-state index contributed by atoms with van der Waals surface area (Å²) >= 11 is 3.39. The van der Waals surface area contributed by atoms with Gasteiger partial charge in [-0.25, -0.2) is 0 Å². The summed E-state index contributed by atoms with van der Waals surface area (Å²) in [7, 11) is 0. The minimum Gasteiger partial charge on any atom is -0.508 e. The molecule has 0 fully saturated rings. The van der Waals surface area contributed by atoms with Gasteiger partial charge in [0.15, 0.2) is 0 Å². The summed E-state index contributed by atoms with van der Waals surface area (Å²) in [6.45, 7) is 3.75. The van der Waals surface area contributed by atoms with Gasteiger partial charge < -0.3 is 10.4 Å². The molecule has 2 N–H and O–H groups in total. The van der Waals surface area contributed by atoms with Crippen LogP contribution in [0.15, 0.2) is 40.9 Å². The normalized spacial score (nSPS) is 10.3. The number of aromatic hydroxyl groups is 1. The molecule has 98 valence electrons. The third kappa shape index (κ3) is 3.15. The predicted octanol–water partition coefficient (Wildman–Crippen LogP) is 4.02. The zero-order chi connectivity index (χ0) is 14.0. The Morgan fingerprint density at radius 2 is 1.89 bits per heavy atom. The number of halogens is 1. The van der Waals surface area contributed by atoms with Crippen molar-refractivity contribution >= 4 is 27.5 Å². The van der Waals surface area contributed by atoms with Crippen molar-refractivity contribution < 1.29 is 9.90 Å². The first-order chi connectivity index (χ1) is 8.97. The Morgan fingerprint density at radius 3 is 2.53 bits per heavy atom. The second-order valence-corrected chi connectivity index (χ2v) is 5.29. The number of phenols is 1. The lowest BCUT2D eigenvalue weighted by Gasteiger charge is -2.09. The summed E-state index contributed by atoms with van der Waals surface area (Å²) < 4.78 is 0.764. The number of aryl methyl sites for hydroxylation is 2. The SMILES string of the molecule is Cc1ccc(C(=O)Nc2ccc(O)c(C)c2)c(Br)c1. The van der Waals surface area contributed by atoms with E-state index in [9.17, 15) is 9.90 Å². The number of carbonyl (C=O) groups excluding carboxylic acids is 1. The molecule has 0 aliphatic rings. The molecule has 1 amide bonds. The van der Waals surface area contributed by atoms with Crippen molar-refractivity contribution in [3.05, 3.63) is 57.6 Å². The summed E-state index contributed by atoms with van der Waals surface area (Å²) in [4.78, 5) is 12.1. The first-order valence-corrected chi connectivity index (χ1v) is 6.64. The fraction of sp³-hybridized carbons (Fsp3) is 0.133. The van der Waals surface area contributed by atoms with Crippen LogP contribution in [0.25, 0.3) is 0 Å². The molecule has 0 unspecified atom stereocenters. The van der Waals surface area contributed by atoms with E-state index in [-0.39, 0.29) is 11.7 Å². The third-order valence-corrected chi connectivity index (χ3v) is 3.48. The van der Waals surface area contributed by atoms with E-state index in [1.54, 1.807) is 31.2 Å². The van der Waals surface area contributed by atoms with Gasteiger partial charge in [0.1, 0.15) is 5.75 Å². The predicted molar refractivity (Wildman–Crippen MR) is 79.7 cm³/mol. The molecule has 3 nitrogen and oxygen atoms in total. The smallest absolute Gasteiger partial charge is 0.256 e. The summed E-state index contributed by atoms with van der Waals surface area (Å²) in [5, 5.41) is 12.3. The molecule has 0 aliphatic carbocycles. The Kier molecular flexibility index (Phi) is 3.90. The van der Waals surface area contributed by atoms with Gasteiger partial charge in [-0.15, -0.1) is 0 Å². The van der Waals surface area contributed by atoms with Crippen LogP contribution in [-0.4, -0.2) is 11.0 Å². The van der Waals surface area contributed by atoms with Crippen LogP contribution in [0.5, 0.6) is 5.75 Å². The van der Waals surface area contributed by atoms with Crippen LogP contribution in [0.4, 0.5) is 5.69 Å². The Labute approximate surface area is 120 Å². The number of phenolic OH excluding ortho intramolecular Hbond substituents is 1. The van der Waals surface area contributed by atoms with E-state index in [1.807, 2.05) is 19.1 Å². The molecular weight excluding hydrogens is 306 g/mol. The second kappa shape index (κ2) is 5.45. The van der Waals surface area contributed by atoms with Gasteiger partial charge in [0, 0.05) is 10.2 Å². The molecule has 0 heterocycles. The maximum absolute atomic E-state index is 12.1. The van der Waals surface area contributed by atoms with Gasteiger partial charge in [0.25, 0.3) is 5.91 Å². The van der Waals surface area contributed by atoms with Gasteiger partial charge in [0.05, 0.1) is 5.56 Å². The molecule has 0 aliphatic heterocycles. The molecule has 19 heavy (non-hydrogen) atoms. The molecule has 2 rings (SSSR count). The van der Waals surface area contributed by atoms with Crippen LogP contribution < -0.4 is 5.32 Å². The van der Waals surface area contributed by atoms with Crippen LogP contribution in [0.3, 0.4) is 0 Å². The lowest BCUT2D eigenvalue weighted by molar-refractivity contribution is 0.102. The molecule has 2 aromatic carbocycles. The largest absolute Gasteiger partial charge is 0.508 e. The van der Waals surface area contributed by atoms with Gasteiger partial charge in [-0.2, -0.15) is 0 Å². The highest BCUT2D eigenvalue weighted by Crippen LogP contribution is 2.23. The Morgan fingerprint density at radius 1 is 1.16 bits per heavy atom. The minimum atomic E-state index is -0.183. The highest BCUT2D eigenvalue weighted by atomic mass is 79.9. The highest BCUT2D eigenvalue weighted by molar-refractivity contribution is 9.10. The molecule has 0 atom stereocenters. The molecule has 4 heteroatoms. The summed E-state index contributed by atoms with van der Waals surface area (Å²) in [5.74, 6) is 0.0338. The van der Waals surface area contributed by atoms with Crippen molar-refractivity contribution in [2.75, 3.05) is 5.32 Å². The van der Waals surface area contributed by atoms with Gasteiger partial charge in [-0.1, -0.05) is 6.07 Å². The molecule has 2 aromatic rings. The van der Waals surface area contributed by atoms with Gasteiger partial charge in [0.2, 0.25) is 0 Å². The maximum atomic E-state index is 12.1. The first-order valence-electron chi connectivity index (χ1n) is 5.84. The van der Waals surface area contributed by atoms with E-state index in [1.165, 1.54) is 0 Å². The van der Waals surface area contributed by atoms with Crippen molar-refractivity contribution in [2.45, 2.75) is 13.8 Å². The maximum Gasteiger partial charge on any atom is 0.256 e. The molecule has 0 aromatic heterocycles. The Hall–Kier alpha value is -1.81. The lowest BCUT2D eigenvalue weighted by atomic mass is 10.1. The van der Waals surface area contributed by atoms with E-state index in [2.05, 4.69) is 21.2 Å². The summed E-state index contributed by atoms with van der Waals surface area (Å²) in [6, 6.07) is 10.5. The molecule has 0 radical (unpaired) electrons. The average molecular weight is 320 g/mol. The van der Waals surface area contributed by atoms with Crippen LogP contribution in [-0.2, 0) is 0 Å². The minimum absolute atomic E-state index is 0.183. The van der Waals surface area contributed by atoms with Gasteiger partial charge in [-0.05, 0) is 71.2 Å². The first kappa shape index (κ1) is 13.6. The van der Waals surface area contributed by atoms with Crippen molar-refractivity contribution in [3.63, 3.8) is 0 Å². The van der Waals surface area contributed by atoms with Crippen LogP contribution >= 0.6 is 15.9 Å². The van der Waals surface area contributed by atoms with E-state index in [0.717, 1.165) is 15.6 Å². The second-order valence-electron chi connectivity index (χ2n) is 4.44. The number of benzene rings is 2. The summed E-state index contributed by atoms with van der Waals surface area (Å²) in [5.41, 5.74) is 3.05. The number of hydrogen-bond acceptors (Lipinski definition) is 2. The molecule has 0 saturated carbocycles. The van der Waals surface area contributed by atoms with E-state index >= 15 is 0 Å². The van der Waals surface area contributed by atoms with E-state index in [0.29, 0.717) is 11.3 Å². The van der Waals surface area contributed by atoms with Crippen LogP contribution in [0.1, 0.15) is 21.5 Å². The van der Waals surface area contributed by atoms with Crippen molar-refractivity contribution in [1.29, 1.82) is 0 Å². The zero-order valence-corrected chi connectivity index (χ0v) is 12.3. The molecule has 0 bridgehead atoms. The third-order valence-electron chi connectivity index (χ3n) is 2.82. The fourth-order valence-electron chi connectivity index (χ4n) is 1.74. The Bertz CT molecular complexity index is 638. The molecule has 0 spiro atoms. The standard InChI is InChI=1S/C15H14BrNO2/c1-9-3-5-12(13(16)7-9)15(19)17-11-4-6-14(18)10(2)8-11/h3-8,18H,1-2H3,(H,17,19). The molecule has 0 saturated heterocycles.